The van der Waals surface area contributed by atoms with E-state index in [4.69, 9.17) is 0 Å². The first-order valence-electron chi connectivity index (χ1n) is 2.98. The Kier molecular flexibility index (Phi) is 1.34. The van der Waals surface area contributed by atoms with E-state index < -0.39 is 0 Å². The van der Waals surface area contributed by atoms with Crippen molar-refractivity contribution in [3.63, 3.8) is 0 Å². The lowest BCUT2D eigenvalue weighted by Crippen LogP contribution is -2.50. The molecule has 2 heteroatoms. The molecule has 1 rings (SSSR count). The number of aldehydes is 1. The highest BCUT2D eigenvalue weighted by Crippen LogP contribution is 2.28. The highest BCUT2D eigenvalue weighted by atomic mass is 16.1. The maximum absolute atomic E-state index is 10.3. The van der Waals surface area contributed by atoms with Crippen LogP contribution in [0, 0.1) is 0 Å². The van der Waals surface area contributed by atoms with Gasteiger partial charge in [0.15, 0.2) is 0 Å². The van der Waals surface area contributed by atoms with Crippen LogP contribution >= 0.6 is 0 Å². The molecule has 1 aliphatic carbocycles. The van der Waals surface area contributed by atoms with Crippen LogP contribution in [0.1, 0.15) is 19.3 Å². The van der Waals surface area contributed by atoms with Gasteiger partial charge in [0, 0.05) is 0 Å². The fraction of sp³-hybridized carbons (Fsp3) is 0.833. The Hall–Kier alpha value is -0.370. The van der Waals surface area contributed by atoms with Crippen LogP contribution in [0.4, 0.5) is 0 Å². The largest absolute Gasteiger partial charge is 0.308 e. The van der Waals surface area contributed by atoms with Crippen molar-refractivity contribution in [2.45, 2.75) is 24.8 Å². The van der Waals surface area contributed by atoms with Crippen LogP contribution in [0.25, 0.3) is 0 Å². The third-order valence-corrected chi connectivity index (χ3v) is 1.97. The molecule has 1 saturated carbocycles. The number of carbonyl (C=O) groups is 1. The first-order chi connectivity index (χ1) is 3.83. The van der Waals surface area contributed by atoms with Crippen LogP contribution in [-0.4, -0.2) is 18.9 Å². The third-order valence-electron chi connectivity index (χ3n) is 1.97. The monoisotopic (exact) mass is 113 g/mol. The SMILES string of the molecule is CNC1(C=O)CCC1. The van der Waals surface area contributed by atoms with Crippen LogP contribution < -0.4 is 5.32 Å². The normalized spacial score (nSPS) is 24.1. The molecule has 0 atom stereocenters. The number of nitrogens with one attached hydrogen (secondary N) is 1. The predicted octanol–water partition coefficient (Wildman–Crippen LogP) is 0.327. The van der Waals surface area contributed by atoms with Gasteiger partial charge in [0.05, 0.1) is 5.54 Å². The smallest absolute Gasteiger partial charge is 0.140 e. The number of carbonyl (C=O) groups excluding carboxylic acids is 1. The van der Waals surface area contributed by atoms with Gasteiger partial charge in [-0.3, -0.25) is 0 Å². The van der Waals surface area contributed by atoms with Gasteiger partial charge in [0.1, 0.15) is 6.29 Å². The quantitative estimate of drug-likeness (QED) is 0.523. The van der Waals surface area contributed by atoms with E-state index in [1.165, 1.54) is 6.42 Å². The van der Waals surface area contributed by atoms with Crippen molar-refractivity contribution in [3.05, 3.63) is 0 Å². The second kappa shape index (κ2) is 1.86. The van der Waals surface area contributed by atoms with Crippen LogP contribution in [0.3, 0.4) is 0 Å². The fourth-order valence-corrected chi connectivity index (χ4v) is 0.984. The minimum absolute atomic E-state index is 0.125. The first-order valence-corrected chi connectivity index (χ1v) is 2.98. The topological polar surface area (TPSA) is 29.1 Å². The highest BCUT2D eigenvalue weighted by molar-refractivity contribution is 5.65. The van der Waals surface area contributed by atoms with Crippen LogP contribution in [0.5, 0.6) is 0 Å². The number of rotatable bonds is 2. The van der Waals surface area contributed by atoms with Crippen LogP contribution in [0.15, 0.2) is 0 Å². The summed E-state index contributed by atoms with van der Waals surface area (Å²) in [6, 6.07) is 0. The van der Waals surface area contributed by atoms with Crippen molar-refractivity contribution in [3.8, 4) is 0 Å². The molecule has 0 saturated heterocycles. The van der Waals surface area contributed by atoms with Gasteiger partial charge in [-0.2, -0.15) is 0 Å². The van der Waals surface area contributed by atoms with E-state index in [0.717, 1.165) is 19.1 Å². The molecular weight excluding hydrogens is 102 g/mol. The average Bonchev–Trinajstić information content (AvgIpc) is 1.67. The molecular formula is C6H11NO. The molecule has 0 bridgehead atoms. The van der Waals surface area contributed by atoms with E-state index in [9.17, 15) is 4.79 Å². The molecule has 0 aromatic heterocycles. The summed E-state index contributed by atoms with van der Waals surface area (Å²) in [6.07, 6.45) is 4.26. The minimum atomic E-state index is -0.125. The second-order valence-corrected chi connectivity index (χ2v) is 2.38. The van der Waals surface area contributed by atoms with E-state index in [0.29, 0.717) is 0 Å². The molecule has 0 amide bonds. The van der Waals surface area contributed by atoms with Crippen LogP contribution in [0.2, 0.25) is 0 Å². The number of likely N-dealkylation sites (N-methyl/N-ethyl adjacent to an activating group) is 1. The van der Waals surface area contributed by atoms with Crippen LogP contribution in [-0.2, 0) is 4.79 Å². The zero-order valence-electron chi connectivity index (χ0n) is 5.11. The molecule has 8 heavy (non-hydrogen) atoms. The van der Waals surface area contributed by atoms with Crippen molar-refractivity contribution in [2.75, 3.05) is 7.05 Å². The Bertz CT molecular complexity index is 91.2. The zero-order chi connectivity index (χ0) is 6.04. The molecule has 1 aliphatic rings. The third kappa shape index (κ3) is 0.650. The average molecular weight is 113 g/mol. The maximum atomic E-state index is 10.3. The first kappa shape index (κ1) is 5.76. The minimum Gasteiger partial charge on any atom is -0.308 e. The molecule has 0 aromatic carbocycles. The Morgan fingerprint density at radius 1 is 1.62 bits per heavy atom. The van der Waals surface area contributed by atoms with Gasteiger partial charge in [-0.1, -0.05) is 0 Å². The Labute approximate surface area is 49.3 Å². The van der Waals surface area contributed by atoms with Crippen molar-refractivity contribution >= 4 is 6.29 Å². The summed E-state index contributed by atoms with van der Waals surface area (Å²) in [5, 5.41) is 3.00. The van der Waals surface area contributed by atoms with E-state index >= 15 is 0 Å². The summed E-state index contributed by atoms with van der Waals surface area (Å²) < 4.78 is 0. The van der Waals surface area contributed by atoms with Crippen molar-refractivity contribution in [1.29, 1.82) is 0 Å². The Balaban J connectivity index is 2.45. The molecule has 46 valence electrons. The van der Waals surface area contributed by atoms with E-state index in [2.05, 4.69) is 5.32 Å². The number of hydrogen-bond donors (Lipinski definition) is 1. The molecule has 2 nitrogen and oxygen atoms in total. The highest BCUT2D eigenvalue weighted by Gasteiger charge is 2.34. The summed E-state index contributed by atoms with van der Waals surface area (Å²) in [5.74, 6) is 0. The predicted molar refractivity (Wildman–Crippen MR) is 31.7 cm³/mol. The lowest BCUT2D eigenvalue weighted by atomic mass is 9.78. The lowest BCUT2D eigenvalue weighted by molar-refractivity contribution is -0.116. The van der Waals surface area contributed by atoms with Crippen molar-refractivity contribution < 1.29 is 4.79 Å². The lowest BCUT2D eigenvalue weighted by Gasteiger charge is -2.35. The molecule has 0 radical (unpaired) electrons. The summed E-state index contributed by atoms with van der Waals surface area (Å²) >= 11 is 0. The van der Waals surface area contributed by atoms with E-state index in [-0.39, 0.29) is 5.54 Å². The van der Waals surface area contributed by atoms with E-state index in [1.807, 2.05) is 7.05 Å². The molecule has 0 unspecified atom stereocenters. The van der Waals surface area contributed by atoms with Gasteiger partial charge in [-0.25, -0.2) is 0 Å². The Morgan fingerprint density at radius 2 is 2.25 bits per heavy atom. The summed E-state index contributed by atoms with van der Waals surface area (Å²) in [4.78, 5) is 10.3. The molecule has 0 spiro atoms. The molecule has 1 N–H and O–H groups in total. The van der Waals surface area contributed by atoms with Gasteiger partial charge in [-0.05, 0) is 26.3 Å². The second-order valence-electron chi connectivity index (χ2n) is 2.38. The standard InChI is InChI=1S/C6H11NO/c1-7-6(5-8)3-2-4-6/h5,7H,2-4H2,1H3. The van der Waals surface area contributed by atoms with Crippen molar-refractivity contribution in [1.82, 2.24) is 5.32 Å². The molecule has 1 fully saturated rings. The number of hydrogen-bond acceptors (Lipinski definition) is 2. The Morgan fingerprint density at radius 3 is 2.25 bits per heavy atom. The van der Waals surface area contributed by atoms with Gasteiger partial charge < -0.3 is 10.1 Å². The molecule has 0 aliphatic heterocycles. The summed E-state index contributed by atoms with van der Waals surface area (Å²) in [7, 11) is 1.84. The van der Waals surface area contributed by atoms with Gasteiger partial charge >= 0.3 is 0 Å². The fourth-order valence-electron chi connectivity index (χ4n) is 0.984. The van der Waals surface area contributed by atoms with Crippen molar-refractivity contribution in [2.24, 2.45) is 0 Å². The maximum Gasteiger partial charge on any atom is 0.140 e. The van der Waals surface area contributed by atoms with Gasteiger partial charge in [0.2, 0.25) is 0 Å². The summed E-state index contributed by atoms with van der Waals surface area (Å²) in [5.41, 5.74) is -0.125. The van der Waals surface area contributed by atoms with Gasteiger partial charge in [0.25, 0.3) is 0 Å². The molecule has 0 aromatic rings. The summed E-state index contributed by atoms with van der Waals surface area (Å²) in [6.45, 7) is 0. The van der Waals surface area contributed by atoms with E-state index in [1.54, 1.807) is 0 Å². The zero-order valence-corrected chi connectivity index (χ0v) is 5.11. The molecule has 0 heterocycles. The van der Waals surface area contributed by atoms with Gasteiger partial charge in [-0.15, -0.1) is 0 Å².